The van der Waals surface area contributed by atoms with Gasteiger partial charge in [0.25, 0.3) is 0 Å². The molecule has 0 aliphatic rings. The minimum absolute atomic E-state index is 0.0181. The van der Waals surface area contributed by atoms with Gasteiger partial charge in [0.2, 0.25) is 0 Å². The van der Waals surface area contributed by atoms with Gasteiger partial charge in [-0.05, 0) is 58.8 Å². The topological polar surface area (TPSA) is 74.6 Å². The molecule has 1 aromatic rings. The Labute approximate surface area is 157 Å². The highest BCUT2D eigenvalue weighted by molar-refractivity contribution is 5.95. The van der Waals surface area contributed by atoms with Crippen LogP contribution in [-0.2, 0) is 0 Å². The predicted molar refractivity (Wildman–Crippen MR) is 105 cm³/mol. The molecule has 0 heterocycles. The van der Waals surface area contributed by atoms with E-state index in [1.807, 2.05) is 0 Å². The molecule has 0 radical (unpaired) electrons. The van der Waals surface area contributed by atoms with Crippen LogP contribution in [0.15, 0.2) is 12.1 Å². The van der Waals surface area contributed by atoms with Crippen LogP contribution >= 0.6 is 0 Å². The summed E-state index contributed by atoms with van der Waals surface area (Å²) < 4.78 is 0. The fourth-order valence-corrected chi connectivity index (χ4v) is 4.60. The Bertz CT molecular complexity index is 583. The second-order valence-electron chi connectivity index (χ2n) is 8.63. The number of rotatable bonds is 8. The number of carbonyl (C=O) groups is 2. The van der Waals surface area contributed by atoms with Crippen LogP contribution in [0.1, 0.15) is 99.1 Å². The second-order valence-corrected chi connectivity index (χ2v) is 8.63. The molecule has 0 bridgehead atoms. The highest BCUT2D eigenvalue weighted by atomic mass is 16.4. The van der Waals surface area contributed by atoms with Crippen LogP contribution in [0, 0.1) is 23.7 Å². The van der Waals surface area contributed by atoms with Gasteiger partial charge in [-0.3, -0.25) is 0 Å². The number of hydrogen-bond acceptors (Lipinski definition) is 2. The van der Waals surface area contributed by atoms with Gasteiger partial charge < -0.3 is 10.2 Å². The van der Waals surface area contributed by atoms with Crippen molar-refractivity contribution in [2.45, 2.75) is 67.2 Å². The van der Waals surface area contributed by atoms with Gasteiger partial charge in [-0.15, -0.1) is 0 Å². The average molecular weight is 363 g/mol. The predicted octanol–water partition coefficient (Wildman–Crippen LogP) is 5.87. The van der Waals surface area contributed by atoms with Gasteiger partial charge in [0.05, 0.1) is 11.1 Å². The molecule has 1 rings (SSSR count). The summed E-state index contributed by atoms with van der Waals surface area (Å²) in [6, 6.07) is 2.94. The van der Waals surface area contributed by atoms with Crippen LogP contribution in [0.5, 0.6) is 0 Å². The molecule has 2 N–H and O–H groups in total. The zero-order chi connectivity index (χ0) is 20.3. The highest BCUT2D eigenvalue weighted by Gasteiger charge is 2.35. The van der Waals surface area contributed by atoms with Crippen molar-refractivity contribution in [3.63, 3.8) is 0 Å². The van der Waals surface area contributed by atoms with Gasteiger partial charge >= 0.3 is 11.9 Å². The van der Waals surface area contributed by atoms with Gasteiger partial charge in [0, 0.05) is 0 Å². The summed E-state index contributed by atoms with van der Waals surface area (Å²) in [6.07, 6.45) is 0. The van der Waals surface area contributed by atoms with E-state index in [9.17, 15) is 19.8 Å². The van der Waals surface area contributed by atoms with E-state index >= 15 is 0 Å². The number of aromatic carboxylic acids is 2. The molecule has 0 aliphatic heterocycles. The molecule has 0 fully saturated rings. The van der Waals surface area contributed by atoms with Crippen molar-refractivity contribution in [3.8, 4) is 0 Å². The molecular formula is C22H34O4. The molecule has 4 heteroatoms. The third-order valence-corrected chi connectivity index (χ3v) is 5.29. The Morgan fingerprint density at radius 1 is 0.615 bits per heavy atom. The number of carboxylic acids is 2. The van der Waals surface area contributed by atoms with E-state index in [4.69, 9.17) is 0 Å². The Morgan fingerprint density at radius 3 is 1.00 bits per heavy atom. The van der Waals surface area contributed by atoms with Gasteiger partial charge in [-0.25, -0.2) is 9.59 Å². The van der Waals surface area contributed by atoms with Crippen LogP contribution in [0.2, 0.25) is 0 Å². The van der Waals surface area contributed by atoms with Crippen molar-refractivity contribution in [1.82, 2.24) is 0 Å². The standard InChI is InChI=1S/C22H34O4/c1-11(2)17(12(3)4)19-15(21(23)24)9-10-16(22(25)26)20(19)18(13(5)6)14(7)8/h9-14,17-18H,1-8H3,(H,23,24)(H,25,26). The fraction of sp³-hybridized carbons (Fsp3) is 0.636. The van der Waals surface area contributed by atoms with E-state index in [1.165, 1.54) is 12.1 Å². The molecule has 0 saturated carbocycles. The Kier molecular flexibility index (Phi) is 7.43. The molecule has 0 aliphatic carbocycles. The molecule has 26 heavy (non-hydrogen) atoms. The number of hydrogen-bond donors (Lipinski definition) is 2. The monoisotopic (exact) mass is 362 g/mol. The lowest BCUT2D eigenvalue weighted by Crippen LogP contribution is -2.26. The quantitative estimate of drug-likeness (QED) is 0.606. The summed E-state index contributed by atoms with van der Waals surface area (Å²) in [5.74, 6) is -1.20. The van der Waals surface area contributed by atoms with Gasteiger partial charge in [-0.1, -0.05) is 55.4 Å². The first-order chi connectivity index (χ1) is 11.9. The molecule has 0 spiro atoms. The average Bonchev–Trinajstić information content (AvgIpc) is 2.46. The van der Waals surface area contributed by atoms with Crippen molar-refractivity contribution in [1.29, 1.82) is 0 Å². The maximum Gasteiger partial charge on any atom is 0.335 e. The largest absolute Gasteiger partial charge is 0.478 e. The zero-order valence-electron chi connectivity index (χ0n) is 17.3. The number of carboxylic acid groups (broad SMARTS) is 2. The Morgan fingerprint density at radius 2 is 0.846 bits per heavy atom. The Balaban J connectivity index is 4.06. The smallest absolute Gasteiger partial charge is 0.335 e. The summed E-state index contributed by atoms with van der Waals surface area (Å²) >= 11 is 0. The molecule has 0 atom stereocenters. The van der Waals surface area contributed by atoms with Crippen LogP contribution in [0.25, 0.3) is 0 Å². The van der Waals surface area contributed by atoms with Crippen molar-refractivity contribution < 1.29 is 19.8 Å². The van der Waals surface area contributed by atoms with E-state index in [0.29, 0.717) is 0 Å². The zero-order valence-corrected chi connectivity index (χ0v) is 17.3. The van der Waals surface area contributed by atoms with E-state index in [-0.39, 0.29) is 46.6 Å². The molecule has 1 aromatic carbocycles. The van der Waals surface area contributed by atoms with Crippen molar-refractivity contribution in [2.75, 3.05) is 0 Å². The van der Waals surface area contributed by atoms with Crippen LogP contribution < -0.4 is 0 Å². The van der Waals surface area contributed by atoms with Crippen LogP contribution in [0.3, 0.4) is 0 Å². The number of benzene rings is 1. The van der Waals surface area contributed by atoms with Crippen molar-refractivity contribution in [2.24, 2.45) is 23.7 Å². The Hall–Kier alpha value is -1.84. The fourth-order valence-electron chi connectivity index (χ4n) is 4.60. The summed E-state index contributed by atoms with van der Waals surface area (Å²) in [5, 5.41) is 19.7. The van der Waals surface area contributed by atoms with E-state index < -0.39 is 11.9 Å². The maximum absolute atomic E-state index is 12.0. The second kappa shape index (κ2) is 8.70. The van der Waals surface area contributed by atoms with Crippen molar-refractivity contribution >= 4 is 11.9 Å². The maximum atomic E-state index is 12.0. The van der Waals surface area contributed by atoms with E-state index in [1.54, 1.807) is 0 Å². The lowest BCUT2D eigenvalue weighted by atomic mass is 9.69. The first-order valence-corrected chi connectivity index (χ1v) is 9.55. The SMILES string of the molecule is CC(C)C(c1c(C(=O)O)ccc(C(=O)O)c1C(C(C)C)C(C)C)C(C)C. The van der Waals surface area contributed by atoms with Crippen LogP contribution in [-0.4, -0.2) is 22.2 Å². The molecule has 4 nitrogen and oxygen atoms in total. The van der Waals surface area contributed by atoms with Crippen molar-refractivity contribution in [3.05, 3.63) is 34.4 Å². The molecule has 0 aromatic heterocycles. The molecule has 0 saturated heterocycles. The van der Waals surface area contributed by atoms with Crippen LogP contribution in [0.4, 0.5) is 0 Å². The molecule has 0 unspecified atom stereocenters. The summed E-state index contributed by atoms with van der Waals surface area (Å²) in [7, 11) is 0. The van der Waals surface area contributed by atoms with Gasteiger partial charge in [0.1, 0.15) is 0 Å². The third-order valence-electron chi connectivity index (χ3n) is 5.29. The minimum Gasteiger partial charge on any atom is -0.478 e. The molecule has 146 valence electrons. The van der Waals surface area contributed by atoms with Gasteiger partial charge in [-0.2, -0.15) is 0 Å². The normalized spacial score (nSPS) is 12.2. The molecular weight excluding hydrogens is 328 g/mol. The first-order valence-electron chi connectivity index (χ1n) is 9.55. The summed E-state index contributed by atoms with van der Waals surface area (Å²) in [4.78, 5) is 24.0. The third kappa shape index (κ3) is 4.46. The first kappa shape index (κ1) is 22.2. The van der Waals surface area contributed by atoms with E-state index in [2.05, 4.69) is 55.4 Å². The summed E-state index contributed by atoms with van der Waals surface area (Å²) in [5.41, 5.74) is 1.91. The minimum atomic E-state index is -0.990. The summed E-state index contributed by atoms with van der Waals surface area (Å²) in [6.45, 7) is 16.6. The van der Waals surface area contributed by atoms with Gasteiger partial charge in [0.15, 0.2) is 0 Å². The van der Waals surface area contributed by atoms with E-state index in [0.717, 1.165) is 11.1 Å². The molecule has 0 amide bonds. The highest BCUT2D eigenvalue weighted by Crippen LogP contribution is 2.44. The lowest BCUT2D eigenvalue weighted by molar-refractivity contribution is 0.0676. The lowest BCUT2D eigenvalue weighted by Gasteiger charge is -2.35.